The van der Waals surface area contributed by atoms with Gasteiger partial charge in [-0.05, 0) is 44.2 Å². The molecule has 0 fully saturated rings. The fraction of sp³-hybridized carbons (Fsp3) is 0.500. The summed E-state index contributed by atoms with van der Waals surface area (Å²) in [5.41, 5.74) is 2.67. The second-order valence-corrected chi connectivity index (χ2v) is 5.72. The van der Waals surface area contributed by atoms with Gasteiger partial charge in [0.2, 0.25) is 5.91 Å². The Kier molecular flexibility index (Phi) is 6.32. The molecule has 0 saturated carbocycles. The largest absolute Gasteiger partial charge is 0.374 e. The van der Waals surface area contributed by atoms with E-state index >= 15 is 0 Å². The van der Waals surface area contributed by atoms with Gasteiger partial charge in [0.05, 0.1) is 0 Å². The van der Waals surface area contributed by atoms with Crippen molar-refractivity contribution in [3.63, 3.8) is 0 Å². The normalized spacial score (nSPS) is 14.4. The van der Waals surface area contributed by atoms with Gasteiger partial charge in [-0.3, -0.25) is 4.79 Å². The summed E-state index contributed by atoms with van der Waals surface area (Å²) in [7, 11) is 2.02. The first-order chi connectivity index (χ1) is 10.3. The summed E-state index contributed by atoms with van der Waals surface area (Å²) in [5.74, 6) is 0.147. The van der Waals surface area contributed by atoms with Crippen molar-refractivity contribution in [2.45, 2.75) is 38.5 Å². The number of anilines is 1. The van der Waals surface area contributed by atoms with E-state index < -0.39 is 0 Å². The van der Waals surface area contributed by atoms with E-state index in [1.807, 2.05) is 25.2 Å². The number of rotatable bonds is 7. The molecule has 1 aromatic carbocycles. The van der Waals surface area contributed by atoms with Crippen molar-refractivity contribution in [3.05, 3.63) is 42.0 Å². The average Bonchev–Trinajstić information content (AvgIpc) is 2.54. The molecular formula is C18H26N2O. The fourth-order valence-corrected chi connectivity index (χ4v) is 2.66. The Morgan fingerprint density at radius 2 is 2.05 bits per heavy atom. The first kappa shape index (κ1) is 15.6. The van der Waals surface area contributed by atoms with Gasteiger partial charge in [-0.15, -0.1) is 0 Å². The quantitative estimate of drug-likeness (QED) is 0.778. The molecule has 0 atom stereocenters. The Morgan fingerprint density at radius 3 is 2.76 bits per heavy atom. The number of nitrogens with zero attached hydrogens (tertiary/aromatic N) is 1. The fourth-order valence-electron chi connectivity index (χ4n) is 2.66. The molecule has 0 spiro atoms. The van der Waals surface area contributed by atoms with Gasteiger partial charge in [0.1, 0.15) is 0 Å². The summed E-state index contributed by atoms with van der Waals surface area (Å²) >= 11 is 0. The van der Waals surface area contributed by atoms with Gasteiger partial charge in [-0.25, -0.2) is 0 Å². The molecule has 3 nitrogen and oxygen atoms in total. The highest BCUT2D eigenvalue weighted by atomic mass is 16.1. The van der Waals surface area contributed by atoms with Crippen LogP contribution in [0, 0.1) is 0 Å². The van der Waals surface area contributed by atoms with E-state index in [2.05, 4.69) is 28.4 Å². The maximum atomic E-state index is 11.9. The molecule has 0 unspecified atom stereocenters. The number of nitrogens with one attached hydrogen (secondary N) is 1. The van der Waals surface area contributed by atoms with Crippen LogP contribution in [0.5, 0.6) is 0 Å². The molecule has 1 aromatic rings. The molecular weight excluding hydrogens is 260 g/mol. The van der Waals surface area contributed by atoms with Crippen molar-refractivity contribution in [3.8, 4) is 0 Å². The van der Waals surface area contributed by atoms with E-state index in [9.17, 15) is 4.79 Å². The molecule has 0 radical (unpaired) electrons. The summed E-state index contributed by atoms with van der Waals surface area (Å²) in [6, 6.07) is 10.2. The van der Waals surface area contributed by atoms with Crippen molar-refractivity contribution < 1.29 is 4.79 Å². The summed E-state index contributed by atoms with van der Waals surface area (Å²) in [4.78, 5) is 14.0. The van der Waals surface area contributed by atoms with Crippen LogP contribution in [-0.2, 0) is 4.79 Å². The van der Waals surface area contributed by atoms with Gasteiger partial charge < -0.3 is 10.2 Å². The third kappa shape index (κ3) is 5.62. The van der Waals surface area contributed by atoms with Crippen LogP contribution in [-0.4, -0.2) is 26.0 Å². The van der Waals surface area contributed by atoms with E-state index in [0.29, 0.717) is 6.42 Å². The number of hydrogen-bond acceptors (Lipinski definition) is 2. The first-order valence-corrected chi connectivity index (χ1v) is 7.96. The lowest BCUT2D eigenvalue weighted by Crippen LogP contribution is -2.29. The number of carbonyl (C=O) groups excluding carboxylic acids is 1. The van der Waals surface area contributed by atoms with Crippen LogP contribution in [0.15, 0.2) is 42.0 Å². The monoisotopic (exact) mass is 286 g/mol. The van der Waals surface area contributed by atoms with Crippen molar-refractivity contribution in [2.75, 3.05) is 25.0 Å². The van der Waals surface area contributed by atoms with Crippen LogP contribution in [0.4, 0.5) is 5.69 Å². The summed E-state index contributed by atoms with van der Waals surface area (Å²) < 4.78 is 0. The van der Waals surface area contributed by atoms with Crippen LogP contribution in [0.2, 0.25) is 0 Å². The molecule has 0 saturated heterocycles. The third-order valence-corrected chi connectivity index (χ3v) is 4.02. The smallest absolute Gasteiger partial charge is 0.221 e. The Hall–Kier alpha value is -1.77. The van der Waals surface area contributed by atoms with Gasteiger partial charge in [-0.2, -0.15) is 0 Å². The maximum absolute atomic E-state index is 11.9. The third-order valence-electron chi connectivity index (χ3n) is 4.02. The highest BCUT2D eigenvalue weighted by molar-refractivity contribution is 5.76. The van der Waals surface area contributed by atoms with Crippen LogP contribution in [0.1, 0.15) is 38.5 Å². The molecule has 114 valence electrons. The summed E-state index contributed by atoms with van der Waals surface area (Å²) in [6.07, 6.45) is 8.96. The summed E-state index contributed by atoms with van der Waals surface area (Å²) in [5, 5.41) is 3.03. The minimum absolute atomic E-state index is 0.147. The molecule has 1 amide bonds. The molecule has 0 aromatic heterocycles. The predicted octanol–water partition coefficient (Wildman–Crippen LogP) is 3.52. The Bertz CT molecular complexity index is 467. The van der Waals surface area contributed by atoms with Crippen molar-refractivity contribution in [1.82, 2.24) is 5.32 Å². The van der Waals surface area contributed by atoms with E-state index in [0.717, 1.165) is 25.2 Å². The van der Waals surface area contributed by atoms with Gasteiger partial charge in [0.25, 0.3) is 0 Å². The Balaban J connectivity index is 1.62. The molecule has 1 N–H and O–H groups in total. The predicted molar refractivity (Wildman–Crippen MR) is 88.5 cm³/mol. The molecule has 1 aliphatic carbocycles. The van der Waals surface area contributed by atoms with E-state index in [-0.39, 0.29) is 5.91 Å². The van der Waals surface area contributed by atoms with E-state index in [4.69, 9.17) is 0 Å². The van der Waals surface area contributed by atoms with Gasteiger partial charge in [0.15, 0.2) is 0 Å². The number of amides is 1. The second kappa shape index (κ2) is 8.50. The van der Waals surface area contributed by atoms with E-state index in [1.165, 1.54) is 31.3 Å². The van der Waals surface area contributed by atoms with Gasteiger partial charge >= 0.3 is 0 Å². The highest BCUT2D eigenvalue weighted by Crippen LogP contribution is 2.19. The second-order valence-electron chi connectivity index (χ2n) is 5.72. The van der Waals surface area contributed by atoms with Crippen LogP contribution >= 0.6 is 0 Å². The standard InChI is InChI=1S/C18H26N2O/c1-20(17-10-6-3-7-11-17)15-13-18(21)19-14-12-16-8-4-2-5-9-16/h3,6-8,10-11H,2,4-5,9,12-15H2,1H3,(H,19,21). The zero-order chi connectivity index (χ0) is 14.9. The molecule has 0 heterocycles. The average molecular weight is 286 g/mol. The zero-order valence-electron chi connectivity index (χ0n) is 13.0. The number of para-hydroxylation sites is 1. The lowest BCUT2D eigenvalue weighted by atomic mass is 9.97. The van der Waals surface area contributed by atoms with E-state index in [1.54, 1.807) is 0 Å². The molecule has 0 aliphatic heterocycles. The maximum Gasteiger partial charge on any atom is 0.221 e. The van der Waals surface area contributed by atoms with Crippen molar-refractivity contribution in [1.29, 1.82) is 0 Å². The van der Waals surface area contributed by atoms with Crippen LogP contribution < -0.4 is 10.2 Å². The number of carbonyl (C=O) groups is 1. The van der Waals surface area contributed by atoms with Crippen LogP contribution in [0.3, 0.4) is 0 Å². The van der Waals surface area contributed by atoms with Gasteiger partial charge in [0, 0.05) is 32.2 Å². The molecule has 21 heavy (non-hydrogen) atoms. The zero-order valence-corrected chi connectivity index (χ0v) is 13.0. The lowest BCUT2D eigenvalue weighted by Gasteiger charge is -2.19. The minimum Gasteiger partial charge on any atom is -0.374 e. The van der Waals surface area contributed by atoms with Gasteiger partial charge in [-0.1, -0.05) is 29.8 Å². The minimum atomic E-state index is 0.147. The molecule has 3 heteroatoms. The highest BCUT2D eigenvalue weighted by Gasteiger charge is 2.06. The molecule has 2 rings (SSSR count). The number of benzene rings is 1. The summed E-state index contributed by atoms with van der Waals surface area (Å²) in [6.45, 7) is 1.53. The lowest BCUT2D eigenvalue weighted by molar-refractivity contribution is -0.120. The SMILES string of the molecule is CN(CCC(=O)NCCC1=CCCCC1)c1ccccc1. The van der Waals surface area contributed by atoms with Crippen molar-refractivity contribution in [2.24, 2.45) is 0 Å². The Morgan fingerprint density at radius 1 is 1.24 bits per heavy atom. The molecule has 1 aliphatic rings. The number of allylic oxidation sites excluding steroid dienone is 1. The van der Waals surface area contributed by atoms with Crippen molar-refractivity contribution >= 4 is 11.6 Å². The first-order valence-electron chi connectivity index (χ1n) is 7.96. The topological polar surface area (TPSA) is 32.3 Å². The van der Waals surface area contributed by atoms with Crippen LogP contribution in [0.25, 0.3) is 0 Å². The Labute approximate surface area is 128 Å². The number of hydrogen-bond donors (Lipinski definition) is 1. The molecule has 0 bridgehead atoms.